The van der Waals surface area contributed by atoms with Gasteiger partial charge in [0.15, 0.2) is 0 Å². The lowest BCUT2D eigenvalue weighted by Gasteiger charge is -2.38. The van der Waals surface area contributed by atoms with Crippen LogP contribution in [0.1, 0.15) is 58.4 Å². The summed E-state index contributed by atoms with van der Waals surface area (Å²) in [7, 11) is 0. The van der Waals surface area contributed by atoms with Crippen LogP contribution in [0.15, 0.2) is 30.3 Å². The zero-order valence-electron chi connectivity index (χ0n) is 17.4. The van der Waals surface area contributed by atoms with Crippen LogP contribution in [-0.2, 0) is 0 Å². The largest absolute Gasteiger partial charge is 0.368 e. The number of piperazine rings is 1. The van der Waals surface area contributed by atoms with Crippen LogP contribution in [0, 0.1) is 17.3 Å². The van der Waals surface area contributed by atoms with E-state index in [0.29, 0.717) is 5.41 Å². The van der Waals surface area contributed by atoms with Crippen LogP contribution in [-0.4, -0.2) is 37.6 Å². The average molecular weight is 389 g/mol. The first-order valence-corrected chi connectivity index (χ1v) is 10.8. The molecule has 0 aromatic heterocycles. The highest BCUT2D eigenvalue weighted by Crippen LogP contribution is 2.41. The minimum Gasteiger partial charge on any atom is -0.368 e. The number of halogens is 1. The van der Waals surface area contributed by atoms with Crippen molar-refractivity contribution in [3.05, 3.63) is 35.9 Å². The Balaban J connectivity index is 0.00000210. The Kier molecular flexibility index (Phi) is 6.58. The van der Waals surface area contributed by atoms with Gasteiger partial charge in [0.2, 0.25) is 0 Å². The van der Waals surface area contributed by atoms with Crippen molar-refractivity contribution in [2.24, 2.45) is 17.3 Å². The lowest BCUT2D eigenvalue weighted by molar-refractivity contribution is 0.225. The summed E-state index contributed by atoms with van der Waals surface area (Å²) >= 11 is 0. The minimum absolute atomic E-state index is 0. The molecule has 2 fully saturated rings. The summed E-state index contributed by atoms with van der Waals surface area (Å²) in [5, 5.41) is 0. The van der Waals surface area contributed by atoms with Crippen LogP contribution >= 0.6 is 12.4 Å². The molecule has 27 heavy (non-hydrogen) atoms. The van der Waals surface area contributed by atoms with Crippen LogP contribution < -0.4 is 4.90 Å². The normalized spacial score (nSPS) is 24.3. The second-order valence-electron chi connectivity index (χ2n) is 9.81. The average Bonchev–Trinajstić information content (AvgIpc) is 3.46. The van der Waals surface area contributed by atoms with Crippen LogP contribution in [0.4, 0.5) is 5.69 Å². The van der Waals surface area contributed by atoms with Crippen LogP contribution in [0.3, 0.4) is 0 Å². The quantitative estimate of drug-likeness (QED) is 0.636. The molecule has 0 amide bonds. The molecule has 150 valence electrons. The van der Waals surface area contributed by atoms with Gasteiger partial charge in [0.05, 0.1) is 0 Å². The van der Waals surface area contributed by atoms with Crippen molar-refractivity contribution in [2.45, 2.75) is 52.9 Å². The molecule has 1 aromatic carbocycles. The van der Waals surface area contributed by atoms with Crippen molar-refractivity contribution in [3.8, 4) is 0 Å². The van der Waals surface area contributed by atoms with Gasteiger partial charge in [-0.1, -0.05) is 45.0 Å². The van der Waals surface area contributed by atoms with Crippen LogP contribution in [0.2, 0.25) is 0 Å². The summed E-state index contributed by atoms with van der Waals surface area (Å²) < 4.78 is 0. The number of rotatable bonds is 4. The number of benzene rings is 1. The Hall–Kier alpha value is -0.990. The molecule has 0 spiro atoms. The van der Waals surface area contributed by atoms with E-state index < -0.39 is 0 Å². The zero-order valence-corrected chi connectivity index (χ0v) is 18.2. The molecule has 1 aliphatic heterocycles. The number of anilines is 1. The zero-order chi connectivity index (χ0) is 18.1. The molecule has 0 N–H and O–H groups in total. The predicted molar refractivity (Wildman–Crippen MR) is 120 cm³/mol. The number of hydrogen-bond donors (Lipinski definition) is 0. The molecule has 1 aromatic rings. The molecule has 1 saturated carbocycles. The Morgan fingerprint density at radius 3 is 2.26 bits per heavy atom. The molecule has 2 aliphatic carbocycles. The second kappa shape index (κ2) is 8.57. The molecule has 3 heteroatoms. The van der Waals surface area contributed by atoms with Gasteiger partial charge in [-0.3, -0.25) is 4.90 Å². The molecule has 4 rings (SSSR count). The van der Waals surface area contributed by atoms with Gasteiger partial charge in [-0.25, -0.2) is 0 Å². The van der Waals surface area contributed by atoms with Gasteiger partial charge >= 0.3 is 0 Å². The third-order valence-electron chi connectivity index (χ3n) is 6.81. The third kappa shape index (κ3) is 5.09. The van der Waals surface area contributed by atoms with Gasteiger partial charge in [-0.05, 0) is 61.0 Å². The molecular weight excluding hydrogens is 352 g/mol. The Bertz CT molecular complexity index is 649. The van der Waals surface area contributed by atoms with Gasteiger partial charge in [0, 0.05) is 44.0 Å². The van der Waals surface area contributed by atoms with E-state index in [4.69, 9.17) is 0 Å². The van der Waals surface area contributed by atoms with Crippen molar-refractivity contribution in [3.63, 3.8) is 0 Å². The van der Waals surface area contributed by atoms with Gasteiger partial charge in [-0.2, -0.15) is 0 Å². The van der Waals surface area contributed by atoms with E-state index in [1.54, 1.807) is 5.57 Å². The van der Waals surface area contributed by atoms with E-state index >= 15 is 0 Å². The maximum Gasteiger partial charge on any atom is 0.0443 e. The highest BCUT2D eigenvalue weighted by atomic mass is 35.5. The summed E-state index contributed by atoms with van der Waals surface area (Å²) in [5.74, 6) is 1.83. The fraction of sp³-hybridized carbons (Fsp3) is 0.667. The molecule has 1 atom stereocenters. The Morgan fingerprint density at radius 2 is 1.67 bits per heavy atom. The van der Waals surface area contributed by atoms with Gasteiger partial charge in [0.1, 0.15) is 0 Å². The first-order valence-electron chi connectivity index (χ1n) is 10.8. The predicted octanol–water partition coefficient (Wildman–Crippen LogP) is 5.87. The Morgan fingerprint density at radius 1 is 0.963 bits per heavy atom. The van der Waals surface area contributed by atoms with Gasteiger partial charge in [0.25, 0.3) is 0 Å². The summed E-state index contributed by atoms with van der Waals surface area (Å²) in [4.78, 5) is 5.32. The first kappa shape index (κ1) is 20.7. The van der Waals surface area contributed by atoms with Crippen molar-refractivity contribution in [2.75, 3.05) is 37.6 Å². The fourth-order valence-corrected chi connectivity index (χ4v) is 4.72. The van der Waals surface area contributed by atoms with E-state index in [2.05, 4.69) is 60.9 Å². The van der Waals surface area contributed by atoms with Crippen molar-refractivity contribution >= 4 is 23.7 Å². The van der Waals surface area contributed by atoms with E-state index in [1.165, 1.54) is 76.1 Å². The van der Waals surface area contributed by atoms with Gasteiger partial charge in [-0.15, -0.1) is 12.4 Å². The lowest BCUT2D eigenvalue weighted by Crippen LogP contribution is -2.47. The monoisotopic (exact) mass is 388 g/mol. The van der Waals surface area contributed by atoms with Crippen molar-refractivity contribution < 1.29 is 0 Å². The maximum atomic E-state index is 2.69. The van der Waals surface area contributed by atoms with Crippen LogP contribution in [0.25, 0.3) is 5.57 Å². The molecule has 3 aliphatic rings. The first-order chi connectivity index (χ1) is 12.5. The molecule has 1 heterocycles. The van der Waals surface area contributed by atoms with E-state index in [0.717, 1.165) is 11.8 Å². The molecule has 1 unspecified atom stereocenters. The maximum absolute atomic E-state index is 2.69. The van der Waals surface area contributed by atoms with Gasteiger partial charge < -0.3 is 4.90 Å². The molecular formula is C24H37ClN2. The number of para-hydroxylation sites is 1. The highest BCUT2D eigenvalue weighted by Gasteiger charge is 2.29. The standard InChI is InChI=1S/C24H36N2.ClH/c1-24(2,3)21-12-10-20(11-13-21)22-6-4-5-7-23(22)26-16-14-25(15-17-26)18-19-8-9-19;/h4-7,10,19,21H,8-9,11-18H2,1-3H3;1H. The third-order valence-corrected chi connectivity index (χ3v) is 6.81. The van der Waals surface area contributed by atoms with Crippen molar-refractivity contribution in [1.82, 2.24) is 4.90 Å². The summed E-state index contributed by atoms with van der Waals surface area (Å²) in [5.41, 5.74) is 4.98. The summed E-state index contributed by atoms with van der Waals surface area (Å²) in [6.07, 6.45) is 9.28. The van der Waals surface area contributed by atoms with E-state index in [9.17, 15) is 0 Å². The lowest BCUT2D eigenvalue weighted by atomic mass is 9.72. The Labute approximate surface area is 172 Å². The molecule has 0 radical (unpaired) electrons. The minimum atomic E-state index is 0. The second-order valence-corrected chi connectivity index (χ2v) is 9.81. The molecule has 0 bridgehead atoms. The number of allylic oxidation sites excluding steroid dienone is 2. The van der Waals surface area contributed by atoms with E-state index in [1.807, 2.05) is 0 Å². The van der Waals surface area contributed by atoms with Crippen molar-refractivity contribution in [1.29, 1.82) is 0 Å². The van der Waals surface area contributed by atoms with E-state index in [-0.39, 0.29) is 12.4 Å². The SMILES string of the molecule is CC(C)(C)C1CC=C(c2ccccc2N2CCN(CC3CC3)CC2)CC1.Cl. The number of hydrogen-bond acceptors (Lipinski definition) is 2. The smallest absolute Gasteiger partial charge is 0.0443 e. The molecule has 2 nitrogen and oxygen atoms in total. The summed E-state index contributed by atoms with van der Waals surface area (Å²) in [6.45, 7) is 13.4. The fourth-order valence-electron chi connectivity index (χ4n) is 4.72. The van der Waals surface area contributed by atoms with Crippen LogP contribution in [0.5, 0.6) is 0 Å². The topological polar surface area (TPSA) is 6.48 Å². The highest BCUT2D eigenvalue weighted by molar-refractivity contribution is 5.85. The number of nitrogens with zero attached hydrogens (tertiary/aromatic N) is 2. The molecule has 1 saturated heterocycles. The summed E-state index contributed by atoms with van der Waals surface area (Å²) in [6, 6.07) is 9.15.